The molecule has 19 heavy (non-hydrogen) atoms. The first-order chi connectivity index (χ1) is 9.13. The molecule has 1 fully saturated rings. The van der Waals surface area contributed by atoms with Crippen molar-refractivity contribution in [3.05, 3.63) is 28.8 Å². The van der Waals surface area contributed by atoms with Crippen LogP contribution in [0.1, 0.15) is 31.2 Å². The molecule has 1 saturated carbocycles. The second-order valence-electron chi connectivity index (χ2n) is 5.79. The van der Waals surface area contributed by atoms with Crippen molar-refractivity contribution in [3.8, 4) is 0 Å². The lowest BCUT2D eigenvalue weighted by molar-refractivity contribution is -0.117. The number of hydrogen-bond donors (Lipinski definition) is 1. The molecule has 0 bridgehead atoms. The van der Waals surface area contributed by atoms with E-state index in [-0.39, 0.29) is 11.3 Å². The number of amides is 1. The molecule has 0 unspecified atom stereocenters. The number of nitrogens with zero attached hydrogens (tertiary/aromatic N) is 1. The first-order valence-corrected chi connectivity index (χ1v) is 7.84. The summed E-state index contributed by atoms with van der Waals surface area (Å²) in [7, 11) is 0. The maximum atomic E-state index is 12.2. The fraction of sp³-hybridized carbons (Fsp3) is 0.533. The molecule has 0 spiro atoms. The molecule has 0 radical (unpaired) electrons. The lowest BCUT2D eigenvalue weighted by Gasteiger charge is -2.32. The molecule has 0 aromatic heterocycles. The third-order valence-electron chi connectivity index (χ3n) is 4.47. The van der Waals surface area contributed by atoms with Crippen LogP contribution in [0, 0.1) is 5.41 Å². The molecule has 1 amide bonds. The van der Waals surface area contributed by atoms with Gasteiger partial charge in [-0.05, 0) is 41.7 Å². The van der Waals surface area contributed by atoms with Gasteiger partial charge in [-0.15, -0.1) is 0 Å². The van der Waals surface area contributed by atoms with Crippen LogP contribution >= 0.6 is 24.2 Å². The highest BCUT2D eigenvalue weighted by Gasteiger charge is 2.38. The molecule has 0 N–H and O–H groups in total. The van der Waals surface area contributed by atoms with Gasteiger partial charge in [-0.25, -0.2) is 0 Å². The van der Waals surface area contributed by atoms with Gasteiger partial charge in [0.1, 0.15) is 0 Å². The van der Waals surface area contributed by atoms with E-state index in [1.54, 1.807) is 0 Å². The van der Waals surface area contributed by atoms with Gasteiger partial charge < -0.3 is 4.90 Å². The number of benzene rings is 1. The summed E-state index contributed by atoms with van der Waals surface area (Å²) in [5.74, 6) is 1.05. The van der Waals surface area contributed by atoms with E-state index in [0.29, 0.717) is 11.4 Å². The van der Waals surface area contributed by atoms with E-state index in [1.807, 2.05) is 23.1 Å². The zero-order chi connectivity index (χ0) is 13.5. The third kappa shape index (κ3) is 2.38. The Hall–Kier alpha value is -0.670. The van der Waals surface area contributed by atoms with Crippen LogP contribution in [0.15, 0.2) is 18.2 Å². The molecule has 0 saturated heterocycles. The van der Waals surface area contributed by atoms with Gasteiger partial charge in [-0.2, -0.15) is 12.6 Å². The topological polar surface area (TPSA) is 20.3 Å². The molecule has 102 valence electrons. The second-order valence-corrected chi connectivity index (χ2v) is 6.55. The highest BCUT2D eigenvalue weighted by molar-refractivity contribution is 7.80. The largest absolute Gasteiger partial charge is 0.311 e. The second kappa shape index (κ2) is 5.02. The van der Waals surface area contributed by atoms with Gasteiger partial charge in [0, 0.05) is 17.3 Å². The van der Waals surface area contributed by atoms with Crippen molar-refractivity contribution in [2.24, 2.45) is 5.41 Å². The predicted molar refractivity (Wildman–Crippen MR) is 82.3 cm³/mol. The smallest absolute Gasteiger partial charge is 0.231 e. The summed E-state index contributed by atoms with van der Waals surface area (Å²) in [6.07, 6.45) is 5.37. The van der Waals surface area contributed by atoms with Crippen LogP contribution in [0.25, 0.3) is 0 Å². The number of hydrogen-bond acceptors (Lipinski definition) is 2. The Kier molecular flexibility index (Phi) is 3.52. The summed E-state index contributed by atoms with van der Waals surface area (Å²) < 4.78 is 0. The minimum absolute atomic E-state index is 0.197. The van der Waals surface area contributed by atoms with Gasteiger partial charge in [0.05, 0.1) is 6.42 Å². The fourth-order valence-electron chi connectivity index (χ4n) is 3.33. The van der Waals surface area contributed by atoms with Crippen molar-refractivity contribution in [2.45, 2.75) is 32.1 Å². The lowest BCUT2D eigenvalue weighted by Crippen LogP contribution is -2.39. The van der Waals surface area contributed by atoms with Crippen molar-refractivity contribution in [3.63, 3.8) is 0 Å². The van der Waals surface area contributed by atoms with Gasteiger partial charge in [-0.1, -0.05) is 30.5 Å². The zero-order valence-electron chi connectivity index (χ0n) is 10.9. The Morgan fingerprint density at radius 3 is 2.74 bits per heavy atom. The van der Waals surface area contributed by atoms with Crippen molar-refractivity contribution >= 4 is 35.8 Å². The SMILES string of the molecule is O=C1Cc2ccc(Cl)cc2N1CC1(CS)CCCC1. The van der Waals surface area contributed by atoms with Crippen molar-refractivity contribution in [1.29, 1.82) is 0 Å². The van der Waals surface area contributed by atoms with E-state index < -0.39 is 0 Å². The van der Waals surface area contributed by atoms with Crippen LogP contribution < -0.4 is 4.90 Å². The number of carbonyl (C=O) groups excluding carboxylic acids is 1. The van der Waals surface area contributed by atoms with Gasteiger partial charge in [0.15, 0.2) is 0 Å². The summed E-state index contributed by atoms with van der Waals surface area (Å²) >= 11 is 10.6. The van der Waals surface area contributed by atoms with Crippen LogP contribution in [0.5, 0.6) is 0 Å². The lowest BCUT2D eigenvalue weighted by atomic mass is 9.88. The van der Waals surface area contributed by atoms with Gasteiger partial charge in [0.2, 0.25) is 5.91 Å². The summed E-state index contributed by atoms with van der Waals surface area (Å²) in [6, 6.07) is 5.75. The highest BCUT2D eigenvalue weighted by atomic mass is 35.5. The standard InChI is InChI=1S/C15H18ClNOS/c16-12-4-3-11-7-14(18)17(13(11)8-12)9-15(10-19)5-1-2-6-15/h3-4,8,19H,1-2,5-7,9-10H2. The summed E-state index contributed by atoms with van der Waals surface area (Å²) in [5.41, 5.74) is 2.30. The number of rotatable bonds is 3. The van der Waals surface area contributed by atoms with Crippen molar-refractivity contribution in [2.75, 3.05) is 17.2 Å². The molecular formula is C15H18ClNOS. The maximum Gasteiger partial charge on any atom is 0.231 e. The molecule has 1 heterocycles. The maximum absolute atomic E-state index is 12.2. The number of thiol groups is 1. The van der Waals surface area contributed by atoms with Gasteiger partial charge >= 0.3 is 0 Å². The Morgan fingerprint density at radius 1 is 1.32 bits per heavy atom. The zero-order valence-corrected chi connectivity index (χ0v) is 12.5. The molecule has 3 rings (SSSR count). The number of halogens is 1. The Labute approximate surface area is 124 Å². The van der Waals surface area contributed by atoms with Crippen LogP contribution in [0.3, 0.4) is 0 Å². The molecule has 1 aromatic rings. The average molecular weight is 296 g/mol. The highest BCUT2D eigenvalue weighted by Crippen LogP contribution is 2.42. The number of fused-ring (bicyclic) bond motifs is 1. The molecule has 1 aliphatic heterocycles. The monoisotopic (exact) mass is 295 g/mol. The summed E-state index contributed by atoms with van der Waals surface area (Å²) in [5, 5.41) is 0.699. The summed E-state index contributed by atoms with van der Waals surface area (Å²) in [4.78, 5) is 14.2. The number of anilines is 1. The Morgan fingerprint density at radius 2 is 2.05 bits per heavy atom. The van der Waals surface area contributed by atoms with E-state index in [4.69, 9.17) is 11.6 Å². The Balaban J connectivity index is 1.89. The molecule has 4 heteroatoms. The predicted octanol–water partition coefficient (Wildman–Crippen LogP) is 3.72. The first kappa shape index (κ1) is 13.3. The molecule has 1 aliphatic carbocycles. The van der Waals surface area contributed by atoms with Crippen molar-refractivity contribution in [1.82, 2.24) is 0 Å². The third-order valence-corrected chi connectivity index (χ3v) is 5.38. The van der Waals surface area contributed by atoms with Crippen LogP contribution in [0.4, 0.5) is 5.69 Å². The van der Waals surface area contributed by atoms with E-state index in [2.05, 4.69) is 12.6 Å². The Bertz CT molecular complexity index is 511. The van der Waals surface area contributed by atoms with Crippen LogP contribution in [-0.2, 0) is 11.2 Å². The minimum Gasteiger partial charge on any atom is -0.311 e. The molecule has 1 aromatic carbocycles. The van der Waals surface area contributed by atoms with Gasteiger partial charge in [0.25, 0.3) is 0 Å². The van der Waals surface area contributed by atoms with Crippen molar-refractivity contribution < 1.29 is 4.79 Å². The first-order valence-electron chi connectivity index (χ1n) is 6.83. The van der Waals surface area contributed by atoms with E-state index in [0.717, 1.165) is 23.5 Å². The minimum atomic E-state index is 0.197. The molecular weight excluding hydrogens is 278 g/mol. The summed E-state index contributed by atoms with van der Waals surface area (Å²) in [6.45, 7) is 0.794. The fourth-order valence-corrected chi connectivity index (χ4v) is 3.91. The van der Waals surface area contributed by atoms with E-state index in [1.165, 1.54) is 25.7 Å². The molecule has 2 aliphatic rings. The van der Waals surface area contributed by atoms with E-state index >= 15 is 0 Å². The number of carbonyl (C=O) groups is 1. The van der Waals surface area contributed by atoms with E-state index in [9.17, 15) is 4.79 Å². The quantitative estimate of drug-likeness (QED) is 0.843. The average Bonchev–Trinajstić information content (AvgIpc) is 2.98. The van der Waals surface area contributed by atoms with Crippen LogP contribution in [-0.4, -0.2) is 18.2 Å². The normalized spacial score (nSPS) is 20.9. The molecule has 0 atom stereocenters. The van der Waals surface area contributed by atoms with Gasteiger partial charge in [-0.3, -0.25) is 4.79 Å². The molecule has 2 nitrogen and oxygen atoms in total. The van der Waals surface area contributed by atoms with Crippen LogP contribution in [0.2, 0.25) is 5.02 Å².